The number of hydrogen-bond acceptors (Lipinski definition) is 6. The topological polar surface area (TPSA) is 95.2 Å². The second-order valence-electron chi connectivity index (χ2n) is 8.56. The number of amides is 1. The van der Waals surface area contributed by atoms with Crippen molar-refractivity contribution < 1.29 is 13.9 Å². The molecule has 3 heterocycles. The zero-order valence-corrected chi connectivity index (χ0v) is 19.0. The van der Waals surface area contributed by atoms with Gasteiger partial charge in [-0.15, -0.1) is 0 Å². The summed E-state index contributed by atoms with van der Waals surface area (Å²) in [6, 6.07) is 12.4. The van der Waals surface area contributed by atoms with Crippen LogP contribution in [0, 0.1) is 5.82 Å². The van der Waals surface area contributed by atoms with Crippen LogP contribution in [0.4, 0.5) is 15.8 Å². The summed E-state index contributed by atoms with van der Waals surface area (Å²) in [4.78, 5) is 19.8. The van der Waals surface area contributed by atoms with Gasteiger partial charge < -0.3 is 20.3 Å². The summed E-state index contributed by atoms with van der Waals surface area (Å²) in [5.41, 5.74) is 3.92. The number of nitrogens with one attached hydrogen (secondary N) is 3. The van der Waals surface area contributed by atoms with Gasteiger partial charge in [0.25, 0.3) is 5.91 Å². The Morgan fingerprint density at radius 3 is 2.82 bits per heavy atom. The number of H-pyrrole nitrogens is 1. The summed E-state index contributed by atoms with van der Waals surface area (Å²) in [5, 5.41) is 13.3. The summed E-state index contributed by atoms with van der Waals surface area (Å²) in [6.07, 6.45) is 3.44. The summed E-state index contributed by atoms with van der Waals surface area (Å²) >= 11 is 0. The van der Waals surface area contributed by atoms with Gasteiger partial charge in [0.1, 0.15) is 12.1 Å². The summed E-state index contributed by atoms with van der Waals surface area (Å²) in [7, 11) is 1.73. The highest BCUT2D eigenvalue weighted by atomic mass is 19.1. The van der Waals surface area contributed by atoms with Gasteiger partial charge in [-0.3, -0.25) is 9.89 Å². The molecule has 0 radical (unpaired) electrons. The van der Waals surface area contributed by atoms with Crippen LogP contribution in [0.25, 0.3) is 11.1 Å². The molecule has 5 rings (SSSR count). The first-order chi connectivity index (χ1) is 16.6. The van der Waals surface area contributed by atoms with Gasteiger partial charge in [-0.05, 0) is 48.7 Å². The maximum atomic E-state index is 14.1. The van der Waals surface area contributed by atoms with Crippen molar-refractivity contribution in [2.75, 3.05) is 44.0 Å². The first-order valence-corrected chi connectivity index (χ1v) is 11.4. The van der Waals surface area contributed by atoms with Gasteiger partial charge in [-0.1, -0.05) is 12.1 Å². The Balaban J connectivity index is 1.46. The average Bonchev–Trinajstić information content (AvgIpc) is 3.48. The van der Waals surface area contributed by atoms with Crippen molar-refractivity contribution >= 4 is 28.4 Å². The molecule has 3 aromatic rings. The lowest BCUT2D eigenvalue weighted by Crippen LogP contribution is -2.40. The van der Waals surface area contributed by atoms with Crippen LogP contribution in [0.5, 0.6) is 0 Å². The SMILES string of the molecule is COCCN1CCC(Nc2ccc3c(c2)/C(=C(\c2cccc(F)c2)c2ncn[nH]2)C(=O)N3)CC1. The van der Waals surface area contributed by atoms with Crippen molar-refractivity contribution in [1.82, 2.24) is 20.1 Å². The molecule has 34 heavy (non-hydrogen) atoms. The van der Waals surface area contributed by atoms with E-state index >= 15 is 0 Å². The number of rotatable bonds is 7. The third kappa shape index (κ3) is 4.57. The van der Waals surface area contributed by atoms with Crippen LogP contribution in [0.1, 0.15) is 29.8 Å². The van der Waals surface area contributed by atoms with Gasteiger partial charge in [0.15, 0.2) is 5.82 Å². The van der Waals surface area contributed by atoms with Crippen LogP contribution in [0.15, 0.2) is 48.8 Å². The summed E-state index contributed by atoms with van der Waals surface area (Å²) in [5.74, 6) is -0.236. The van der Waals surface area contributed by atoms with Crippen LogP contribution in [0.2, 0.25) is 0 Å². The molecule has 0 atom stereocenters. The van der Waals surface area contributed by atoms with Crippen molar-refractivity contribution in [3.05, 3.63) is 71.6 Å². The van der Waals surface area contributed by atoms with E-state index in [-0.39, 0.29) is 11.7 Å². The van der Waals surface area contributed by atoms with E-state index in [0.29, 0.717) is 34.3 Å². The van der Waals surface area contributed by atoms with E-state index in [4.69, 9.17) is 4.74 Å². The molecule has 0 unspecified atom stereocenters. The molecule has 1 aromatic heterocycles. The van der Waals surface area contributed by atoms with Gasteiger partial charge in [-0.2, -0.15) is 5.10 Å². The fraction of sp³-hybridized carbons (Fsp3) is 0.320. The molecule has 2 aliphatic heterocycles. The van der Waals surface area contributed by atoms with Crippen molar-refractivity contribution in [1.29, 1.82) is 0 Å². The van der Waals surface area contributed by atoms with E-state index in [9.17, 15) is 9.18 Å². The molecule has 0 saturated carbocycles. The van der Waals surface area contributed by atoms with Crippen LogP contribution in [-0.2, 0) is 9.53 Å². The van der Waals surface area contributed by atoms with Gasteiger partial charge in [0, 0.05) is 55.3 Å². The molecule has 1 amide bonds. The lowest BCUT2D eigenvalue weighted by molar-refractivity contribution is -0.110. The number of fused-ring (bicyclic) bond motifs is 1. The largest absolute Gasteiger partial charge is 0.383 e. The number of halogens is 1. The average molecular weight is 463 g/mol. The minimum absolute atomic E-state index is 0.255. The smallest absolute Gasteiger partial charge is 0.257 e. The molecule has 0 bridgehead atoms. The molecule has 3 N–H and O–H groups in total. The number of aromatic nitrogens is 3. The fourth-order valence-electron chi connectivity index (χ4n) is 4.63. The predicted molar refractivity (Wildman–Crippen MR) is 129 cm³/mol. The number of methoxy groups -OCH3 is 1. The number of carbonyl (C=O) groups is 1. The third-order valence-electron chi connectivity index (χ3n) is 6.35. The van der Waals surface area contributed by atoms with E-state index in [0.717, 1.165) is 50.3 Å². The molecule has 2 aliphatic rings. The Bertz CT molecular complexity index is 1200. The van der Waals surface area contributed by atoms with Crippen molar-refractivity contribution in [3.63, 3.8) is 0 Å². The molecular formula is C25H27FN6O2. The Morgan fingerprint density at radius 1 is 1.24 bits per heavy atom. The van der Waals surface area contributed by atoms with E-state index in [1.165, 1.54) is 18.5 Å². The molecule has 8 nitrogen and oxygen atoms in total. The first-order valence-electron chi connectivity index (χ1n) is 11.4. The van der Waals surface area contributed by atoms with Crippen LogP contribution in [-0.4, -0.2) is 65.4 Å². The van der Waals surface area contributed by atoms with E-state index < -0.39 is 0 Å². The zero-order chi connectivity index (χ0) is 23.5. The molecule has 9 heteroatoms. The second kappa shape index (κ2) is 9.74. The summed E-state index contributed by atoms with van der Waals surface area (Å²) in [6.45, 7) is 3.74. The molecule has 2 aromatic carbocycles. The highest BCUT2D eigenvalue weighted by Gasteiger charge is 2.30. The molecule has 1 saturated heterocycles. The fourth-order valence-corrected chi connectivity index (χ4v) is 4.63. The number of carbonyl (C=O) groups excluding carboxylic acids is 1. The van der Waals surface area contributed by atoms with Gasteiger partial charge in [-0.25, -0.2) is 9.37 Å². The number of benzene rings is 2. The highest BCUT2D eigenvalue weighted by Crippen LogP contribution is 2.40. The quantitative estimate of drug-likeness (QED) is 0.466. The predicted octanol–water partition coefficient (Wildman–Crippen LogP) is 3.38. The Kier molecular flexibility index (Phi) is 6.37. The second-order valence-corrected chi connectivity index (χ2v) is 8.56. The van der Waals surface area contributed by atoms with Crippen molar-refractivity contribution in [2.45, 2.75) is 18.9 Å². The number of piperidine rings is 1. The lowest BCUT2D eigenvalue weighted by Gasteiger charge is -2.32. The maximum Gasteiger partial charge on any atom is 0.257 e. The van der Waals surface area contributed by atoms with Crippen LogP contribution < -0.4 is 10.6 Å². The molecule has 0 spiro atoms. The zero-order valence-electron chi connectivity index (χ0n) is 19.0. The van der Waals surface area contributed by atoms with E-state index in [1.807, 2.05) is 18.2 Å². The normalized spacial score (nSPS) is 18.0. The van der Waals surface area contributed by atoms with E-state index in [2.05, 4.69) is 30.7 Å². The Labute approximate surface area is 197 Å². The number of anilines is 2. The van der Waals surface area contributed by atoms with Gasteiger partial charge >= 0.3 is 0 Å². The number of ether oxygens (including phenoxy) is 1. The molecule has 1 fully saturated rings. The minimum Gasteiger partial charge on any atom is -0.383 e. The Morgan fingerprint density at radius 2 is 2.09 bits per heavy atom. The summed E-state index contributed by atoms with van der Waals surface area (Å²) < 4.78 is 19.3. The molecule has 176 valence electrons. The van der Waals surface area contributed by atoms with Crippen LogP contribution in [0.3, 0.4) is 0 Å². The van der Waals surface area contributed by atoms with Gasteiger partial charge in [0.05, 0.1) is 12.2 Å². The maximum absolute atomic E-state index is 14.1. The van der Waals surface area contributed by atoms with Crippen molar-refractivity contribution in [3.8, 4) is 0 Å². The minimum atomic E-state index is -0.388. The monoisotopic (exact) mass is 462 g/mol. The van der Waals surface area contributed by atoms with Gasteiger partial charge in [0.2, 0.25) is 0 Å². The third-order valence-corrected chi connectivity index (χ3v) is 6.35. The number of likely N-dealkylation sites (tertiary alicyclic amines) is 1. The van der Waals surface area contributed by atoms with Crippen molar-refractivity contribution in [2.24, 2.45) is 0 Å². The van der Waals surface area contributed by atoms with Crippen LogP contribution >= 0.6 is 0 Å². The first kappa shape index (κ1) is 22.2. The number of aromatic amines is 1. The molecular weight excluding hydrogens is 435 g/mol. The Hall–Kier alpha value is -3.56. The lowest BCUT2D eigenvalue weighted by atomic mass is 9.94. The highest BCUT2D eigenvalue weighted by molar-refractivity contribution is 6.38. The standard InChI is InChI=1S/C25H27FN6O2/c1-34-12-11-32-9-7-18(8-10-32)29-19-5-6-21-20(14-19)23(25(33)30-21)22(24-27-15-28-31-24)16-3-2-4-17(26)13-16/h2-6,13-15,18,29H,7-12H2,1H3,(H,30,33)(H,27,28,31)/b23-22-. The molecule has 0 aliphatic carbocycles. The number of hydrogen-bond donors (Lipinski definition) is 3. The number of nitrogens with zero attached hydrogens (tertiary/aromatic N) is 3. The van der Waals surface area contributed by atoms with E-state index in [1.54, 1.807) is 19.2 Å².